The smallest absolute Gasteiger partial charge is 0.305 e. The van der Waals surface area contributed by atoms with Crippen molar-refractivity contribution in [3.8, 4) is 0 Å². The maximum absolute atomic E-state index is 11.0. The Morgan fingerprint density at radius 2 is 2.46 bits per heavy atom. The summed E-state index contributed by atoms with van der Waals surface area (Å²) in [5.74, 6) is 0.877. The maximum Gasteiger partial charge on any atom is 0.305 e. The summed E-state index contributed by atoms with van der Waals surface area (Å²) < 4.78 is 10.5. The summed E-state index contributed by atoms with van der Waals surface area (Å²) in [6.45, 7) is 4.39. The van der Waals surface area contributed by atoms with Crippen LogP contribution in [0.15, 0.2) is 0 Å². The first-order chi connectivity index (χ1) is 6.22. The normalized spacial score (nSPS) is 27.5. The van der Waals surface area contributed by atoms with Gasteiger partial charge in [-0.05, 0) is 13.3 Å². The van der Waals surface area contributed by atoms with E-state index in [1.165, 1.54) is 0 Å². The highest BCUT2D eigenvalue weighted by Gasteiger charge is 2.23. The summed E-state index contributed by atoms with van der Waals surface area (Å²) in [7, 11) is 0. The first kappa shape index (κ1) is 10.9. The molecule has 0 saturated carbocycles. The van der Waals surface area contributed by atoms with Crippen LogP contribution in [0.3, 0.4) is 0 Å². The van der Waals surface area contributed by atoms with Crippen LogP contribution in [-0.2, 0) is 14.3 Å². The molecule has 0 bridgehead atoms. The Balaban J connectivity index is 2.09. The van der Waals surface area contributed by atoms with Gasteiger partial charge in [0, 0.05) is 12.2 Å². The van der Waals surface area contributed by atoms with Crippen molar-refractivity contribution in [3.05, 3.63) is 0 Å². The van der Waals surface area contributed by atoms with Crippen LogP contribution in [0.2, 0.25) is 0 Å². The van der Waals surface area contributed by atoms with Gasteiger partial charge in [0.1, 0.15) is 12.0 Å². The average Bonchev–Trinajstić information content (AvgIpc) is 2.49. The number of carbonyl (C=O) groups is 1. The third-order valence-corrected chi connectivity index (χ3v) is 3.02. The van der Waals surface area contributed by atoms with E-state index in [2.05, 4.69) is 0 Å². The second-order valence-electron chi connectivity index (χ2n) is 3.14. The van der Waals surface area contributed by atoms with Crippen LogP contribution in [0.25, 0.3) is 0 Å². The van der Waals surface area contributed by atoms with E-state index in [1.807, 2.05) is 13.8 Å². The number of hydrogen-bond donors (Lipinski definition) is 0. The minimum absolute atomic E-state index is 0.0517. The first-order valence-corrected chi connectivity index (χ1v) is 5.70. The molecule has 76 valence electrons. The molecule has 0 radical (unpaired) electrons. The maximum atomic E-state index is 11.0. The van der Waals surface area contributed by atoms with Crippen molar-refractivity contribution < 1.29 is 14.3 Å². The first-order valence-electron chi connectivity index (χ1n) is 4.65. The van der Waals surface area contributed by atoms with Crippen molar-refractivity contribution >= 4 is 17.7 Å². The fraction of sp³-hybridized carbons (Fsp3) is 0.889. The molecule has 1 saturated heterocycles. The van der Waals surface area contributed by atoms with E-state index >= 15 is 0 Å². The van der Waals surface area contributed by atoms with E-state index < -0.39 is 0 Å². The zero-order chi connectivity index (χ0) is 9.68. The third kappa shape index (κ3) is 4.00. The van der Waals surface area contributed by atoms with Gasteiger partial charge < -0.3 is 9.47 Å². The van der Waals surface area contributed by atoms with Crippen molar-refractivity contribution in [2.45, 2.75) is 38.2 Å². The molecule has 0 aromatic heterocycles. The predicted octanol–water partition coefficient (Wildman–Crippen LogP) is 1.81. The highest BCUT2D eigenvalue weighted by molar-refractivity contribution is 8.00. The molecule has 13 heavy (non-hydrogen) atoms. The minimum Gasteiger partial charge on any atom is -0.462 e. The van der Waals surface area contributed by atoms with Crippen LogP contribution < -0.4 is 0 Å². The van der Waals surface area contributed by atoms with Crippen molar-refractivity contribution in [1.82, 2.24) is 0 Å². The van der Waals surface area contributed by atoms with Gasteiger partial charge in [-0.1, -0.05) is 6.92 Å². The summed E-state index contributed by atoms with van der Waals surface area (Å²) in [5, 5.41) is 0. The second kappa shape index (κ2) is 5.50. The predicted molar refractivity (Wildman–Crippen MR) is 52.7 cm³/mol. The molecule has 0 aromatic carbocycles. The van der Waals surface area contributed by atoms with Gasteiger partial charge in [0.25, 0.3) is 0 Å². The highest BCUT2D eigenvalue weighted by atomic mass is 32.2. The van der Waals surface area contributed by atoms with Crippen LogP contribution in [0.1, 0.15) is 26.7 Å². The largest absolute Gasteiger partial charge is 0.462 e. The van der Waals surface area contributed by atoms with Crippen LogP contribution in [0.4, 0.5) is 0 Å². The molecular weight excluding hydrogens is 188 g/mol. The van der Waals surface area contributed by atoms with E-state index in [0.717, 1.165) is 12.2 Å². The van der Waals surface area contributed by atoms with E-state index in [1.54, 1.807) is 11.8 Å². The lowest BCUT2D eigenvalue weighted by Crippen LogP contribution is -2.17. The summed E-state index contributed by atoms with van der Waals surface area (Å²) in [4.78, 5) is 11.0. The molecule has 0 unspecified atom stereocenters. The Bertz CT molecular complexity index is 172. The zero-order valence-corrected chi connectivity index (χ0v) is 8.93. The summed E-state index contributed by atoms with van der Waals surface area (Å²) in [6.07, 6.45) is 1.64. The second-order valence-corrected chi connectivity index (χ2v) is 4.34. The van der Waals surface area contributed by atoms with Crippen molar-refractivity contribution in [2.75, 3.05) is 12.4 Å². The van der Waals surface area contributed by atoms with Gasteiger partial charge in [-0.3, -0.25) is 4.79 Å². The molecule has 1 rings (SSSR count). The van der Waals surface area contributed by atoms with Gasteiger partial charge in [0.2, 0.25) is 0 Å². The SMILES string of the molecule is CCCC(=O)OC[C@@H]1O[C@H](C)CS1. The molecule has 1 aliphatic heterocycles. The lowest BCUT2D eigenvalue weighted by Gasteiger charge is -2.10. The zero-order valence-electron chi connectivity index (χ0n) is 8.12. The lowest BCUT2D eigenvalue weighted by molar-refractivity contribution is -0.146. The molecule has 1 aliphatic rings. The molecular formula is C9H16O3S. The number of thioether (sulfide) groups is 1. The molecule has 0 N–H and O–H groups in total. The van der Waals surface area contributed by atoms with Crippen LogP contribution >= 0.6 is 11.8 Å². The number of hydrogen-bond acceptors (Lipinski definition) is 4. The van der Waals surface area contributed by atoms with Crippen molar-refractivity contribution in [1.29, 1.82) is 0 Å². The van der Waals surface area contributed by atoms with Gasteiger partial charge in [-0.15, -0.1) is 11.8 Å². The standard InChI is InChI=1S/C9H16O3S/c1-3-4-8(10)11-5-9-12-7(2)6-13-9/h7,9H,3-6H2,1-2H3/t7-,9-/m1/s1. The highest BCUT2D eigenvalue weighted by Crippen LogP contribution is 2.24. The fourth-order valence-electron chi connectivity index (χ4n) is 1.11. The number of rotatable bonds is 4. The molecule has 1 fully saturated rings. The number of carbonyl (C=O) groups excluding carboxylic acids is 1. The Morgan fingerprint density at radius 3 is 3.00 bits per heavy atom. The Kier molecular flexibility index (Phi) is 4.59. The third-order valence-electron chi connectivity index (χ3n) is 1.74. The fourth-order valence-corrected chi connectivity index (χ4v) is 2.10. The molecule has 1 heterocycles. The minimum atomic E-state index is -0.119. The molecule has 0 aromatic rings. The summed E-state index contributed by atoms with van der Waals surface area (Å²) in [6, 6.07) is 0. The van der Waals surface area contributed by atoms with Crippen molar-refractivity contribution in [2.24, 2.45) is 0 Å². The van der Waals surface area contributed by atoms with Gasteiger partial charge in [0.05, 0.1) is 6.10 Å². The topological polar surface area (TPSA) is 35.5 Å². The van der Waals surface area contributed by atoms with E-state index in [0.29, 0.717) is 19.1 Å². The van der Waals surface area contributed by atoms with Crippen LogP contribution in [-0.4, -0.2) is 29.9 Å². The van der Waals surface area contributed by atoms with E-state index in [9.17, 15) is 4.79 Å². The Morgan fingerprint density at radius 1 is 1.69 bits per heavy atom. The van der Waals surface area contributed by atoms with Crippen LogP contribution in [0.5, 0.6) is 0 Å². The van der Waals surface area contributed by atoms with Gasteiger partial charge in [-0.25, -0.2) is 0 Å². The van der Waals surface area contributed by atoms with E-state index in [4.69, 9.17) is 9.47 Å². The summed E-state index contributed by atoms with van der Waals surface area (Å²) >= 11 is 1.71. The molecule has 0 spiro atoms. The molecule has 0 amide bonds. The van der Waals surface area contributed by atoms with Gasteiger partial charge >= 0.3 is 5.97 Å². The van der Waals surface area contributed by atoms with Crippen LogP contribution in [0, 0.1) is 0 Å². The molecule has 4 heteroatoms. The van der Waals surface area contributed by atoms with Gasteiger partial charge in [0.15, 0.2) is 0 Å². The number of esters is 1. The average molecular weight is 204 g/mol. The lowest BCUT2D eigenvalue weighted by atomic mass is 10.3. The monoisotopic (exact) mass is 204 g/mol. The van der Waals surface area contributed by atoms with Crippen molar-refractivity contribution in [3.63, 3.8) is 0 Å². The van der Waals surface area contributed by atoms with E-state index in [-0.39, 0.29) is 11.4 Å². The Hall–Kier alpha value is -0.220. The Labute approximate surface area is 83.2 Å². The molecule has 2 atom stereocenters. The molecule has 3 nitrogen and oxygen atoms in total. The number of ether oxygens (including phenoxy) is 2. The quantitative estimate of drug-likeness (QED) is 0.654. The summed E-state index contributed by atoms with van der Waals surface area (Å²) in [5.41, 5.74) is 0.0517. The molecule has 0 aliphatic carbocycles. The van der Waals surface area contributed by atoms with Gasteiger partial charge in [-0.2, -0.15) is 0 Å².